The number of aliphatic hydroxyl groups is 1. The molecule has 0 unspecified atom stereocenters. The summed E-state index contributed by atoms with van der Waals surface area (Å²) in [6, 6.07) is -0.378. The molecule has 166 valence electrons. The normalized spacial score (nSPS) is 22.4. The second-order valence-electron chi connectivity index (χ2n) is 9.29. The van der Waals surface area contributed by atoms with Gasteiger partial charge in [-0.25, -0.2) is 4.79 Å². The molecule has 1 amide bonds. The lowest BCUT2D eigenvalue weighted by Crippen LogP contribution is -2.46. The molecule has 1 heterocycles. The maximum absolute atomic E-state index is 11.8. The zero-order valence-corrected chi connectivity index (χ0v) is 18.8. The van der Waals surface area contributed by atoms with Gasteiger partial charge in [0.2, 0.25) is 0 Å². The minimum absolute atomic E-state index is 0.178. The highest BCUT2D eigenvalue weighted by molar-refractivity contribution is 5.68. The number of amides is 1. The number of carbonyl (C=O) groups is 1. The summed E-state index contributed by atoms with van der Waals surface area (Å²) in [5.74, 6) is 0. The zero-order valence-electron chi connectivity index (χ0n) is 18.8. The lowest BCUT2D eigenvalue weighted by atomic mass is 10.0. The largest absolute Gasteiger partial charge is 0.444 e. The highest BCUT2D eigenvalue weighted by atomic mass is 16.6. The summed E-state index contributed by atoms with van der Waals surface area (Å²) in [5.41, 5.74) is -0.539. The van der Waals surface area contributed by atoms with Crippen LogP contribution in [-0.4, -0.2) is 41.7 Å². The first-order chi connectivity index (χ1) is 13.3. The van der Waals surface area contributed by atoms with E-state index in [1.165, 1.54) is 70.6 Å². The standard InChI is InChI=1S/C23H45NO4/c1-5-6-7-8-9-10-11-12-13-14-15-16-17-20-21(25)19(18-27-20)24-22(26)28-23(2,3)4/h19-21,25H,5-18H2,1-4H3,(H,24,26)/t19-,20+,21+/m0/s1. The van der Waals surface area contributed by atoms with Crippen LogP contribution in [0.25, 0.3) is 0 Å². The molecule has 5 nitrogen and oxygen atoms in total. The van der Waals surface area contributed by atoms with E-state index in [2.05, 4.69) is 12.2 Å². The molecule has 1 saturated heterocycles. The molecule has 1 fully saturated rings. The van der Waals surface area contributed by atoms with Crippen molar-refractivity contribution in [1.29, 1.82) is 0 Å². The van der Waals surface area contributed by atoms with E-state index in [4.69, 9.17) is 9.47 Å². The summed E-state index contributed by atoms with van der Waals surface area (Å²) >= 11 is 0. The van der Waals surface area contributed by atoms with E-state index >= 15 is 0 Å². The van der Waals surface area contributed by atoms with Gasteiger partial charge in [0, 0.05) is 0 Å². The van der Waals surface area contributed by atoms with Gasteiger partial charge in [0.15, 0.2) is 0 Å². The van der Waals surface area contributed by atoms with Crippen molar-refractivity contribution in [2.75, 3.05) is 6.61 Å². The van der Waals surface area contributed by atoms with Crippen LogP contribution in [-0.2, 0) is 9.47 Å². The molecule has 2 N–H and O–H groups in total. The molecule has 0 radical (unpaired) electrons. The van der Waals surface area contributed by atoms with Crippen molar-refractivity contribution < 1.29 is 19.4 Å². The van der Waals surface area contributed by atoms with Gasteiger partial charge in [-0.2, -0.15) is 0 Å². The fourth-order valence-corrected chi connectivity index (χ4v) is 3.71. The highest BCUT2D eigenvalue weighted by Crippen LogP contribution is 2.21. The van der Waals surface area contributed by atoms with Gasteiger partial charge < -0.3 is 19.9 Å². The number of ether oxygens (including phenoxy) is 2. The number of rotatable bonds is 14. The molecule has 0 aromatic heterocycles. The molecule has 28 heavy (non-hydrogen) atoms. The van der Waals surface area contributed by atoms with Crippen molar-refractivity contribution in [3.8, 4) is 0 Å². The van der Waals surface area contributed by atoms with Crippen LogP contribution in [0.5, 0.6) is 0 Å². The number of alkyl carbamates (subject to hydrolysis) is 1. The Labute approximate surface area is 172 Å². The van der Waals surface area contributed by atoms with Crippen LogP contribution in [0.2, 0.25) is 0 Å². The third-order valence-electron chi connectivity index (χ3n) is 5.33. The predicted molar refractivity (Wildman–Crippen MR) is 115 cm³/mol. The highest BCUT2D eigenvalue weighted by Gasteiger charge is 2.37. The zero-order chi connectivity index (χ0) is 20.8. The summed E-state index contributed by atoms with van der Waals surface area (Å²) in [7, 11) is 0. The smallest absolute Gasteiger partial charge is 0.408 e. The molecule has 5 heteroatoms. The molecule has 0 aromatic carbocycles. The number of hydrogen-bond donors (Lipinski definition) is 2. The molecule has 1 aliphatic heterocycles. The third kappa shape index (κ3) is 11.9. The topological polar surface area (TPSA) is 67.8 Å². The van der Waals surface area contributed by atoms with E-state index in [-0.39, 0.29) is 12.1 Å². The van der Waals surface area contributed by atoms with Gasteiger partial charge in [0.1, 0.15) is 11.7 Å². The van der Waals surface area contributed by atoms with Crippen molar-refractivity contribution in [1.82, 2.24) is 5.32 Å². The van der Waals surface area contributed by atoms with Gasteiger partial charge >= 0.3 is 6.09 Å². The first-order valence-corrected chi connectivity index (χ1v) is 11.6. The Morgan fingerprint density at radius 2 is 1.46 bits per heavy atom. The maximum Gasteiger partial charge on any atom is 0.408 e. The van der Waals surface area contributed by atoms with E-state index in [0.29, 0.717) is 6.61 Å². The van der Waals surface area contributed by atoms with Gasteiger partial charge in [-0.15, -0.1) is 0 Å². The van der Waals surface area contributed by atoms with Gasteiger partial charge in [-0.1, -0.05) is 84.0 Å². The molecule has 0 aliphatic carbocycles. The first-order valence-electron chi connectivity index (χ1n) is 11.6. The summed E-state index contributed by atoms with van der Waals surface area (Å²) in [6.45, 7) is 8.09. The van der Waals surface area contributed by atoms with Crippen LogP contribution >= 0.6 is 0 Å². The Morgan fingerprint density at radius 1 is 0.964 bits per heavy atom. The third-order valence-corrected chi connectivity index (χ3v) is 5.33. The fourth-order valence-electron chi connectivity index (χ4n) is 3.71. The molecule has 1 rings (SSSR count). The Balaban J connectivity index is 1.99. The molecular formula is C23H45NO4. The Bertz CT molecular complexity index is 408. The first kappa shape index (κ1) is 25.2. The second-order valence-corrected chi connectivity index (χ2v) is 9.29. The summed E-state index contributed by atoms with van der Waals surface area (Å²) in [6.07, 6.45) is 15.4. The van der Waals surface area contributed by atoms with Crippen molar-refractivity contribution in [3.05, 3.63) is 0 Å². The van der Waals surface area contributed by atoms with Gasteiger partial charge in [0.25, 0.3) is 0 Å². The lowest BCUT2D eigenvalue weighted by molar-refractivity contribution is 0.0304. The SMILES string of the molecule is CCCCCCCCCCCCCC[C@H]1OC[C@H](NC(=O)OC(C)(C)C)[C@H]1O. The van der Waals surface area contributed by atoms with Crippen molar-refractivity contribution in [2.45, 2.75) is 135 Å². The molecule has 0 bridgehead atoms. The van der Waals surface area contributed by atoms with Gasteiger partial charge in [-0.3, -0.25) is 0 Å². The molecule has 0 saturated carbocycles. The van der Waals surface area contributed by atoms with Gasteiger partial charge in [-0.05, 0) is 27.2 Å². The number of aliphatic hydroxyl groups excluding tert-OH is 1. The van der Waals surface area contributed by atoms with Crippen molar-refractivity contribution in [3.63, 3.8) is 0 Å². The van der Waals surface area contributed by atoms with Crippen LogP contribution in [0.1, 0.15) is 111 Å². The molecule has 0 aromatic rings. The minimum Gasteiger partial charge on any atom is -0.444 e. The van der Waals surface area contributed by atoms with E-state index in [1.807, 2.05) is 20.8 Å². The maximum atomic E-state index is 11.8. The fraction of sp³-hybridized carbons (Fsp3) is 0.957. The van der Waals surface area contributed by atoms with E-state index in [0.717, 1.165) is 12.8 Å². The summed E-state index contributed by atoms with van der Waals surface area (Å²) in [4.78, 5) is 11.8. The summed E-state index contributed by atoms with van der Waals surface area (Å²) < 4.78 is 10.9. The number of unbranched alkanes of at least 4 members (excludes halogenated alkanes) is 11. The average molecular weight is 400 g/mol. The van der Waals surface area contributed by atoms with E-state index < -0.39 is 17.8 Å². The predicted octanol–water partition coefficient (Wildman–Crippen LogP) is 5.73. The average Bonchev–Trinajstić information content (AvgIpc) is 2.94. The number of carbonyl (C=O) groups excluding carboxylic acids is 1. The van der Waals surface area contributed by atoms with E-state index in [9.17, 15) is 9.90 Å². The molecule has 3 atom stereocenters. The van der Waals surface area contributed by atoms with Crippen molar-refractivity contribution >= 4 is 6.09 Å². The Kier molecular flexibility index (Phi) is 12.8. The molecule has 0 spiro atoms. The van der Waals surface area contributed by atoms with Crippen LogP contribution in [0, 0.1) is 0 Å². The minimum atomic E-state index is -0.653. The van der Waals surface area contributed by atoms with Crippen LogP contribution in [0.4, 0.5) is 4.79 Å². The Morgan fingerprint density at radius 3 is 1.96 bits per heavy atom. The van der Waals surface area contributed by atoms with Crippen LogP contribution in [0.3, 0.4) is 0 Å². The number of hydrogen-bond acceptors (Lipinski definition) is 4. The summed E-state index contributed by atoms with van der Waals surface area (Å²) in [5, 5.41) is 13.1. The number of nitrogens with one attached hydrogen (secondary N) is 1. The van der Waals surface area contributed by atoms with E-state index in [1.54, 1.807) is 0 Å². The molecule has 1 aliphatic rings. The monoisotopic (exact) mass is 399 g/mol. The molecular weight excluding hydrogens is 354 g/mol. The second kappa shape index (κ2) is 14.2. The van der Waals surface area contributed by atoms with Crippen molar-refractivity contribution in [2.24, 2.45) is 0 Å². The Hall–Kier alpha value is -0.810. The van der Waals surface area contributed by atoms with Crippen LogP contribution in [0.15, 0.2) is 0 Å². The van der Waals surface area contributed by atoms with Gasteiger partial charge in [0.05, 0.1) is 18.8 Å². The van der Waals surface area contributed by atoms with Crippen LogP contribution < -0.4 is 5.32 Å². The lowest BCUT2D eigenvalue weighted by Gasteiger charge is -2.23. The quantitative estimate of drug-likeness (QED) is 0.366.